The Hall–Kier alpha value is -1.60. The van der Waals surface area contributed by atoms with Gasteiger partial charge in [0.05, 0.1) is 12.2 Å². The summed E-state index contributed by atoms with van der Waals surface area (Å²) in [6.45, 7) is 9.15. The van der Waals surface area contributed by atoms with Crippen molar-refractivity contribution in [3.05, 3.63) is 71.8 Å². The normalized spacial score (nSPS) is 14.0. The lowest BCUT2D eigenvalue weighted by atomic mass is 9.97. The lowest BCUT2D eigenvalue weighted by molar-refractivity contribution is -0.0286. The Bertz CT molecular complexity index is 520. The topological polar surface area (TPSA) is 9.23 Å². The molecule has 1 heteroatoms. The second-order valence-corrected chi connectivity index (χ2v) is 7.88. The van der Waals surface area contributed by atoms with Crippen molar-refractivity contribution in [2.24, 2.45) is 11.8 Å². The maximum absolute atomic E-state index is 6.72. The second-order valence-electron chi connectivity index (χ2n) is 7.88. The SMILES string of the molecule is CC(C)CCC(OC(CCC(C)C)c1ccccc1)c1ccccc1. The van der Waals surface area contributed by atoms with Crippen LogP contribution in [0.15, 0.2) is 60.7 Å². The summed E-state index contributed by atoms with van der Waals surface area (Å²) < 4.78 is 6.72. The van der Waals surface area contributed by atoms with E-state index in [2.05, 4.69) is 88.4 Å². The van der Waals surface area contributed by atoms with Crippen molar-refractivity contribution in [3.8, 4) is 0 Å². The lowest BCUT2D eigenvalue weighted by Gasteiger charge is -2.27. The third-order valence-corrected chi connectivity index (χ3v) is 4.68. The van der Waals surface area contributed by atoms with E-state index >= 15 is 0 Å². The number of benzene rings is 2. The molecule has 0 aliphatic carbocycles. The molecule has 0 fully saturated rings. The van der Waals surface area contributed by atoms with Crippen LogP contribution in [0.2, 0.25) is 0 Å². The first-order chi connectivity index (χ1) is 12.1. The molecule has 0 spiro atoms. The molecule has 0 saturated carbocycles. The predicted octanol–water partition coefficient (Wildman–Crippen LogP) is 7.36. The van der Waals surface area contributed by atoms with E-state index < -0.39 is 0 Å². The molecule has 2 unspecified atom stereocenters. The van der Waals surface area contributed by atoms with Gasteiger partial charge in [0.2, 0.25) is 0 Å². The van der Waals surface area contributed by atoms with E-state index in [9.17, 15) is 0 Å². The van der Waals surface area contributed by atoms with Gasteiger partial charge in [0, 0.05) is 0 Å². The average Bonchev–Trinajstić information content (AvgIpc) is 2.62. The van der Waals surface area contributed by atoms with Gasteiger partial charge in [-0.3, -0.25) is 0 Å². The van der Waals surface area contributed by atoms with Crippen LogP contribution >= 0.6 is 0 Å². The highest BCUT2D eigenvalue weighted by Gasteiger charge is 2.20. The summed E-state index contributed by atoms with van der Waals surface area (Å²) in [5, 5.41) is 0. The minimum atomic E-state index is 0.168. The monoisotopic (exact) mass is 338 g/mol. The Morgan fingerprint density at radius 2 is 0.920 bits per heavy atom. The third kappa shape index (κ3) is 7.04. The highest BCUT2D eigenvalue weighted by Crippen LogP contribution is 2.34. The molecule has 2 atom stereocenters. The van der Waals surface area contributed by atoms with Crippen LogP contribution in [0.4, 0.5) is 0 Å². The van der Waals surface area contributed by atoms with Crippen LogP contribution in [0.1, 0.15) is 76.7 Å². The summed E-state index contributed by atoms with van der Waals surface area (Å²) in [6.07, 6.45) is 4.86. The quantitative estimate of drug-likeness (QED) is 0.440. The van der Waals surface area contributed by atoms with E-state index in [1.165, 1.54) is 24.0 Å². The summed E-state index contributed by atoms with van der Waals surface area (Å²) in [7, 11) is 0. The van der Waals surface area contributed by atoms with Gasteiger partial charge < -0.3 is 4.74 Å². The minimum Gasteiger partial charge on any atom is -0.366 e. The van der Waals surface area contributed by atoms with Gasteiger partial charge >= 0.3 is 0 Å². The van der Waals surface area contributed by atoms with Crippen molar-refractivity contribution < 1.29 is 4.74 Å². The Balaban J connectivity index is 2.17. The number of ether oxygens (including phenoxy) is 1. The summed E-state index contributed by atoms with van der Waals surface area (Å²) in [5.41, 5.74) is 2.60. The number of hydrogen-bond acceptors (Lipinski definition) is 1. The third-order valence-electron chi connectivity index (χ3n) is 4.68. The largest absolute Gasteiger partial charge is 0.366 e. The van der Waals surface area contributed by atoms with E-state index in [0.717, 1.165) is 12.8 Å². The smallest absolute Gasteiger partial charge is 0.0833 e. The van der Waals surface area contributed by atoms with Gasteiger partial charge in [0.1, 0.15) is 0 Å². The van der Waals surface area contributed by atoms with Gasteiger partial charge in [-0.05, 0) is 48.6 Å². The molecule has 0 saturated heterocycles. The van der Waals surface area contributed by atoms with Crippen molar-refractivity contribution in [1.29, 1.82) is 0 Å². The Kier molecular flexibility index (Phi) is 8.21. The van der Waals surface area contributed by atoms with E-state index in [-0.39, 0.29) is 12.2 Å². The van der Waals surface area contributed by atoms with Crippen LogP contribution < -0.4 is 0 Å². The van der Waals surface area contributed by atoms with Crippen molar-refractivity contribution in [2.75, 3.05) is 0 Å². The summed E-state index contributed by atoms with van der Waals surface area (Å²) in [5.74, 6) is 1.39. The van der Waals surface area contributed by atoms with Crippen molar-refractivity contribution in [1.82, 2.24) is 0 Å². The lowest BCUT2D eigenvalue weighted by Crippen LogP contribution is -2.12. The molecule has 2 rings (SSSR count). The van der Waals surface area contributed by atoms with Gasteiger partial charge in [-0.25, -0.2) is 0 Å². The number of hydrogen-bond donors (Lipinski definition) is 0. The molecule has 2 aromatic carbocycles. The van der Waals surface area contributed by atoms with Gasteiger partial charge in [-0.1, -0.05) is 88.4 Å². The standard InChI is InChI=1S/C24H34O/c1-19(2)15-17-23(21-11-7-5-8-12-21)25-24(18-16-20(3)4)22-13-9-6-10-14-22/h5-14,19-20,23-24H,15-18H2,1-4H3. The van der Waals surface area contributed by atoms with Crippen molar-refractivity contribution in [2.45, 2.75) is 65.6 Å². The molecule has 25 heavy (non-hydrogen) atoms. The molecule has 0 radical (unpaired) electrons. The molecular formula is C24H34O. The van der Waals surface area contributed by atoms with Gasteiger partial charge in [-0.2, -0.15) is 0 Å². The van der Waals surface area contributed by atoms with Crippen LogP contribution in [-0.4, -0.2) is 0 Å². The fourth-order valence-corrected chi connectivity index (χ4v) is 3.13. The molecule has 0 aliphatic heterocycles. The van der Waals surface area contributed by atoms with Gasteiger partial charge in [-0.15, -0.1) is 0 Å². The van der Waals surface area contributed by atoms with E-state index in [0.29, 0.717) is 11.8 Å². The highest BCUT2D eigenvalue weighted by atomic mass is 16.5. The molecule has 2 aromatic rings. The Morgan fingerprint density at radius 1 is 0.560 bits per heavy atom. The van der Waals surface area contributed by atoms with Crippen LogP contribution in [0.5, 0.6) is 0 Å². The Labute approximate surface area is 154 Å². The Morgan fingerprint density at radius 3 is 1.24 bits per heavy atom. The number of rotatable bonds is 10. The zero-order valence-corrected chi connectivity index (χ0v) is 16.3. The molecule has 0 heterocycles. The van der Waals surface area contributed by atoms with Crippen LogP contribution in [0.3, 0.4) is 0 Å². The molecule has 0 bridgehead atoms. The van der Waals surface area contributed by atoms with Crippen LogP contribution in [0, 0.1) is 11.8 Å². The first kappa shape index (κ1) is 19.7. The zero-order chi connectivity index (χ0) is 18.1. The molecule has 136 valence electrons. The summed E-state index contributed by atoms with van der Waals surface area (Å²) in [6, 6.07) is 21.4. The van der Waals surface area contributed by atoms with E-state index in [1.54, 1.807) is 0 Å². The fraction of sp³-hybridized carbons (Fsp3) is 0.500. The molecule has 0 N–H and O–H groups in total. The molecule has 0 aromatic heterocycles. The van der Waals surface area contributed by atoms with E-state index in [1.807, 2.05) is 0 Å². The van der Waals surface area contributed by atoms with Crippen molar-refractivity contribution >= 4 is 0 Å². The zero-order valence-electron chi connectivity index (χ0n) is 16.3. The van der Waals surface area contributed by atoms with Crippen molar-refractivity contribution in [3.63, 3.8) is 0 Å². The first-order valence-electron chi connectivity index (χ1n) is 9.81. The maximum atomic E-state index is 6.72. The van der Waals surface area contributed by atoms with Gasteiger partial charge in [0.15, 0.2) is 0 Å². The van der Waals surface area contributed by atoms with E-state index in [4.69, 9.17) is 4.74 Å². The molecule has 1 nitrogen and oxygen atoms in total. The first-order valence-corrected chi connectivity index (χ1v) is 9.81. The summed E-state index contributed by atoms with van der Waals surface area (Å²) >= 11 is 0. The maximum Gasteiger partial charge on any atom is 0.0833 e. The fourth-order valence-electron chi connectivity index (χ4n) is 3.13. The molecule has 0 aliphatic rings. The van der Waals surface area contributed by atoms with Gasteiger partial charge in [0.25, 0.3) is 0 Å². The highest BCUT2D eigenvalue weighted by molar-refractivity contribution is 5.20. The second kappa shape index (κ2) is 10.4. The van der Waals surface area contributed by atoms with Crippen LogP contribution in [-0.2, 0) is 4.74 Å². The minimum absolute atomic E-state index is 0.168. The average molecular weight is 339 g/mol. The molecular weight excluding hydrogens is 304 g/mol. The molecule has 0 amide bonds. The summed E-state index contributed by atoms with van der Waals surface area (Å²) in [4.78, 5) is 0. The predicted molar refractivity (Wildman–Crippen MR) is 108 cm³/mol. The van der Waals surface area contributed by atoms with Crippen LogP contribution in [0.25, 0.3) is 0 Å².